The molecule has 0 aromatic carbocycles. The van der Waals surface area contributed by atoms with Gasteiger partial charge in [-0.1, -0.05) is 0 Å². The van der Waals surface area contributed by atoms with Crippen LogP contribution < -0.4 is 5.32 Å². The lowest BCUT2D eigenvalue weighted by atomic mass is 10.2. The highest BCUT2D eigenvalue weighted by Gasteiger charge is 2.08. The van der Waals surface area contributed by atoms with Crippen LogP contribution in [-0.4, -0.2) is 24.0 Å². The van der Waals surface area contributed by atoms with Gasteiger partial charge in [0.15, 0.2) is 0 Å². The Balaban J connectivity index is 2.43. The first-order chi connectivity index (χ1) is 7.19. The molecule has 2 amide bonds. The Morgan fingerprint density at radius 1 is 1.40 bits per heavy atom. The van der Waals surface area contributed by atoms with Crippen LogP contribution in [0.4, 0.5) is 4.79 Å². The summed E-state index contributed by atoms with van der Waals surface area (Å²) in [6.07, 6.45) is 0. The van der Waals surface area contributed by atoms with E-state index in [-0.39, 0.29) is 6.03 Å². The first-order valence-electron chi connectivity index (χ1n) is 5.23. The van der Waals surface area contributed by atoms with Gasteiger partial charge >= 0.3 is 6.03 Å². The highest BCUT2D eigenvalue weighted by atomic mass is 32.1. The molecule has 1 aromatic heterocycles. The normalized spacial score (nSPS) is 10.1. The second-order valence-electron chi connectivity index (χ2n) is 3.41. The highest BCUT2D eigenvalue weighted by molar-refractivity contribution is 7.08. The maximum atomic E-state index is 11.6. The van der Waals surface area contributed by atoms with E-state index in [0.29, 0.717) is 6.54 Å². The lowest BCUT2D eigenvalue weighted by molar-refractivity contribution is 0.203. The van der Waals surface area contributed by atoms with Crippen LogP contribution in [0.3, 0.4) is 0 Å². The molecule has 0 spiro atoms. The molecule has 0 atom stereocenters. The summed E-state index contributed by atoms with van der Waals surface area (Å²) in [7, 11) is 0. The smallest absolute Gasteiger partial charge is 0.317 e. The maximum absolute atomic E-state index is 11.6. The zero-order chi connectivity index (χ0) is 11.3. The van der Waals surface area contributed by atoms with Gasteiger partial charge in [0.05, 0.1) is 0 Å². The van der Waals surface area contributed by atoms with Crippen LogP contribution in [0.25, 0.3) is 0 Å². The Hall–Kier alpha value is -1.03. The van der Waals surface area contributed by atoms with Crippen LogP contribution in [0.2, 0.25) is 0 Å². The third-order valence-corrected chi connectivity index (χ3v) is 3.35. The molecule has 0 unspecified atom stereocenters. The van der Waals surface area contributed by atoms with E-state index in [2.05, 4.69) is 23.0 Å². The van der Waals surface area contributed by atoms with Crippen molar-refractivity contribution in [3.63, 3.8) is 0 Å². The molecule has 15 heavy (non-hydrogen) atoms. The lowest BCUT2D eigenvalue weighted by Gasteiger charge is -2.19. The number of thiophene rings is 1. The number of rotatable bonds is 4. The van der Waals surface area contributed by atoms with Crippen molar-refractivity contribution in [3.8, 4) is 0 Å². The molecule has 0 saturated heterocycles. The second-order valence-corrected chi connectivity index (χ2v) is 4.15. The fraction of sp³-hybridized carbons (Fsp3) is 0.545. The van der Waals surface area contributed by atoms with Crippen LogP contribution >= 0.6 is 11.3 Å². The fourth-order valence-corrected chi connectivity index (χ4v) is 2.22. The van der Waals surface area contributed by atoms with E-state index in [4.69, 9.17) is 0 Å². The summed E-state index contributed by atoms with van der Waals surface area (Å²) in [6, 6.07) is 0.0191. The second kappa shape index (κ2) is 5.75. The number of nitrogens with one attached hydrogen (secondary N) is 1. The summed E-state index contributed by atoms with van der Waals surface area (Å²) in [6.45, 7) is 8.17. The van der Waals surface area contributed by atoms with E-state index < -0.39 is 0 Å². The summed E-state index contributed by atoms with van der Waals surface area (Å²) < 4.78 is 0. The zero-order valence-corrected chi connectivity index (χ0v) is 10.4. The molecule has 1 N–H and O–H groups in total. The van der Waals surface area contributed by atoms with Gasteiger partial charge in [0, 0.05) is 19.6 Å². The van der Waals surface area contributed by atoms with Gasteiger partial charge in [0.1, 0.15) is 0 Å². The molecule has 1 heterocycles. The summed E-state index contributed by atoms with van der Waals surface area (Å²) >= 11 is 1.67. The minimum absolute atomic E-state index is 0.0191. The number of carbonyl (C=O) groups excluding carboxylic acids is 1. The molecule has 0 aliphatic heterocycles. The van der Waals surface area contributed by atoms with Crippen molar-refractivity contribution in [1.29, 1.82) is 0 Å². The lowest BCUT2D eigenvalue weighted by Crippen LogP contribution is -2.39. The van der Waals surface area contributed by atoms with Crippen LogP contribution in [-0.2, 0) is 6.54 Å². The van der Waals surface area contributed by atoms with E-state index in [1.807, 2.05) is 13.8 Å². The minimum atomic E-state index is 0.0191. The number of nitrogens with zero attached hydrogens (tertiary/aromatic N) is 1. The number of amides is 2. The molecule has 84 valence electrons. The molecule has 0 aliphatic carbocycles. The zero-order valence-electron chi connectivity index (χ0n) is 9.54. The van der Waals surface area contributed by atoms with Gasteiger partial charge in [-0.25, -0.2) is 4.79 Å². The van der Waals surface area contributed by atoms with E-state index in [1.54, 1.807) is 16.2 Å². The molecular weight excluding hydrogens is 208 g/mol. The molecule has 0 bridgehead atoms. The standard InChI is InChI=1S/C11H18N2OS/c1-4-13(5-2)11(14)12-6-10-8-15-7-9(10)3/h7-8H,4-6H2,1-3H3,(H,12,14). The summed E-state index contributed by atoms with van der Waals surface area (Å²) in [5.41, 5.74) is 2.46. The van der Waals surface area contributed by atoms with Crippen molar-refractivity contribution in [2.75, 3.05) is 13.1 Å². The van der Waals surface area contributed by atoms with E-state index in [9.17, 15) is 4.79 Å². The molecular formula is C11H18N2OS. The van der Waals surface area contributed by atoms with Crippen molar-refractivity contribution in [3.05, 3.63) is 21.9 Å². The first kappa shape index (κ1) is 12.0. The Bertz CT molecular complexity index is 318. The molecule has 3 nitrogen and oxygen atoms in total. The predicted octanol–water partition coefficient (Wildman–Crippen LogP) is 2.61. The molecule has 0 fully saturated rings. The van der Waals surface area contributed by atoms with Gasteiger partial charge < -0.3 is 10.2 Å². The summed E-state index contributed by atoms with van der Waals surface area (Å²) in [4.78, 5) is 13.4. The molecule has 1 aromatic rings. The maximum Gasteiger partial charge on any atom is 0.317 e. The Morgan fingerprint density at radius 3 is 2.53 bits per heavy atom. The van der Waals surface area contributed by atoms with Crippen molar-refractivity contribution in [1.82, 2.24) is 10.2 Å². The first-order valence-corrected chi connectivity index (χ1v) is 6.17. The molecule has 0 radical (unpaired) electrons. The highest BCUT2D eigenvalue weighted by Crippen LogP contribution is 2.12. The number of hydrogen-bond acceptors (Lipinski definition) is 2. The predicted molar refractivity (Wildman–Crippen MR) is 64.2 cm³/mol. The molecule has 1 rings (SSSR count). The summed E-state index contributed by atoms with van der Waals surface area (Å²) in [5.74, 6) is 0. The third kappa shape index (κ3) is 3.23. The third-order valence-electron chi connectivity index (χ3n) is 2.44. The molecule has 0 aliphatic rings. The topological polar surface area (TPSA) is 32.3 Å². The van der Waals surface area contributed by atoms with Crippen LogP contribution in [0, 0.1) is 6.92 Å². The summed E-state index contributed by atoms with van der Waals surface area (Å²) in [5, 5.41) is 7.10. The average Bonchev–Trinajstić information content (AvgIpc) is 2.63. The molecule has 0 saturated carbocycles. The van der Waals surface area contributed by atoms with E-state index in [0.717, 1.165) is 13.1 Å². The van der Waals surface area contributed by atoms with Crippen LogP contribution in [0.15, 0.2) is 10.8 Å². The minimum Gasteiger partial charge on any atom is -0.334 e. The number of aryl methyl sites for hydroxylation is 1. The monoisotopic (exact) mass is 226 g/mol. The largest absolute Gasteiger partial charge is 0.334 e. The average molecular weight is 226 g/mol. The van der Waals surface area contributed by atoms with Gasteiger partial charge in [-0.2, -0.15) is 11.3 Å². The number of urea groups is 1. The van der Waals surface area contributed by atoms with Crippen molar-refractivity contribution < 1.29 is 4.79 Å². The Morgan fingerprint density at radius 2 is 2.07 bits per heavy atom. The van der Waals surface area contributed by atoms with Gasteiger partial charge in [-0.15, -0.1) is 0 Å². The van der Waals surface area contributed by atoms with Gasteiger partial charge in [-0.05, 0) is 42.7 Å². The molecule has 4 heteroatoms. The van der Waals surface area contributed by atoms with Gasteiger partial charge in [0.25, 0.3) is 0 Å². The number of hydrogen-bond donors (Lipinski definition) is 1. The van der Waals surface area contributed by atoms with Crippen molar-refractivity contribution in [2.45, 2.75) is 27.3 Å². The van der Waals surface area contributed by atoms with Crippen molar-refractivity contribution in [2.24, 2.45) is 0 Å². The Kier molecular flexibility index (Phi) is 4.62. The van der Waals surface area contributed by atoms with E-state index >= 15 is 0 Å². The van der Waals surface area contributed by atoms with E-state index in [1.165, 1.54) is 11.1 Å². The van der Waals surface area contributed by atoms with Gasteiger partial charge in [0.2, 0.25) is 0 Å². The Labute approximate surface area is 95.1 Å². The van der Waals surface area contributed by atoms with Crippen molar-refractivity contribution >= 4 is 17.4 Å². The van der Waals surface area contributed by atoms with Crippen LogP contribution in [0.5, 0.6) is 0 Å². The quantitative estimate of drug-likeness (QED) is 0.841. The SMILES string of the molecule is CCN(CC)C(=O)NCc1cscc1C. The number of carbonyl (C=O) groups is 1. The van der Waals surface area contributed by atoms with Gasteiger partial charge in [-0.3, -0.25) is 0 Å². The fourth-order valence-electron chi connectivity index (χ4n) is 1.36. The van der Waals surface area contributed by atoms with Crippen LogP contribution in [0.1, 0.15) is 25.0 Å².